The fourth-order valence-electron chi connectivity index (χ4n) is 4.10. The van der Waals surface area contributed by atoms with Gasteiger partial charge in [0.2, 0.25) is 0 Å². The highest BCUT2D eigenvalue weighted by molar-refractivity contribution is 6.30. The number of fused-ring (bicyclic) bond motifs is 2. The predicted octanol–water partition coefficient (Wildman–Crippen LogP) is 4.23. The predicted molar refractivity (Wildman–Crippen MR) is 89.7 cm³/mol. The molecule has 2 aliphatic heterocycles. The fourth-order valence-corrected chi connectivity index (χ4v) is 4.31. The Hall–Kier alpha value is -0.570. The Morgan fingerprint density at radius 3 is 2.67 bits per heavy atom. The van der Waals surface area contributed by atoms with E-state index in [1.807, 2.05) is 6.07 Å². The largest absolute Gasteiger partial charge is 0.314 e. The molecule has 2 nitrogen and oxygen atoms in total. The van der Waals surface area contributed by atoms with E-state index >= 15 is 0 Å². The standard InChI is InChI=1S/C18H27ClN2/c1-2-9-20-16-11-17-7-4-8-18(12-16)21(17)13-14-5-3-6-15(19)10-14/h3,5-6,10,16-18,20H,2,4,7-9,11-13H2,1H3. The van der Waals surface area contributed by atoms with Crippen LogP contribution in [0.1, 0.15) is 51.0 Å². The van der Waals surface area contributed by atoms with E-state index in [9.17, 15) is 0 Å². The van der Waals surface area contributed by atoms with Gasteiger partial charge in [-0.3, -0.25) is 4.90 Å². The van der Waals surface area contributed by atoms with Gasteiger partial charge in [0.15, 0.2) is 0 Å². The lowest BCUT2D eigenvalue weighted by Crippen LogP contribution is -2.55. The van der Waals surface area contributed by atoms with E-state index in [1.165, 1.54) is 50.6 Å². The Morgan fingerprint density at radius 2 is 2.00 bits per heavy atom. The highest BCUT2D eigenvalue weighted by Crippen LogP contribution is 2.35. The molecule has 2 fully saturated rings. The van der Waals surface area contributed by atoms with E-state index in [-0.39, 0.29) is 0 Å². The first-order valence-electron chi connectivity index (χ1n) is 8.50. The highest BCUT2D eigenvalue weighted by Gasteiger charge is 2.37. The van der Waals surface area contributed by atoms with Gasteiger partial charge in [-0.1, -0.05) is 37.1 Å². The zero-order valence-corrected chi connectivity index (χ0v) is 13.8. The first kappa shape index (κ1) is 15.3. The third-order valence-electron chi connectivity index (χ3n) is 5.06. The maximum Gasteiger partial charge on any atom is 0.0409 e. The van der Waals surface area contributed by atoms with Crippen molar-refractivity contribution >= 4 is 11.6 Å². The quantitative estimate of drug-likeness (QED) is 0.876. The van der Waals surface area contributed by atoms with Gasteiger partial charge in [-0.2, -0.15) is 0 Å². The molecule has 2 bridgehead atoms. The second-order valence-corrected chi connectivity index (χ2v) is 7.10. The van der Waals surface area contributed by atoms with Crippen LogP contribution in [0.5, 0.6) is 0 Å². The minimum absolute atomic E-state index is 0.732. The van der Waals surface area contributed by atoms with Crippen molar-refractivity contribution in [2.75, 3.05) is 6.54 Å². The van der Waals surface area contributed by atoms with Crippen LogP contribution in [0, 0.1) is 0 Å². The van der Waals surface area contributed by atoms with Crippen molar-refractivity contribution in [2.45, 2.75) is 70.1 Å². The zero-order valence-electron chi connectivity index (χ0n) is 13.0. The minimum Gasteiger partial charge on any atom is -0.314 e. The lowest BCUT2D eigenvalue weighted by molar-refractivity contribution is 0.0177. The molecule has 0 spiro atoms. The average Bonchev–Trinajstić information content (AvgIpc) is 2.45. The summed E-state index contributed by atoms with van der Waals surface area (Å²) in [4.78, 5) is 2.75. The van der Waals surface area contributed by atoms with E-state index in [0.717, 1.165) is 29.7 Å². The number of hydrogen-bond donors (Lipinski definition) is 1. The van der Waals surface area contributed by atoms with Gasteiger partial charge in [0.05, 0.1) is 0 Å². The normalized spacial score (nSPS) is 29.5. The van der Waals surface area contributed by atoms with E-state index in [2.05, 4.69) is 35.3 Å². The van der Waals surface area contributed by atoms with Crippen molar-refractivity contribution in [3.63, 3.8) is 0 Å². The van der Waals surface area contributed by atoms with E-state index < -0.39 is 0 Å². The molecule has 0 amide bonds. The number of nitrogens with one attached hydrogen (secondary N) is 1. The van der Waals surface area contributed by atoms with Gasteiger partial charge in [-0.15, -0.1) is 0 Å². The molecule has 2 atom stereocenters. The van der Waals surface area contributed by atoms with Gasteiger partial charge in [0.1, 0.15) is 0 Å². The summed E-state index contributed by atoms with van der Waals surface area (Å²) in [6.07, 6.45) is 8.00. The summed E-state index contributed by atoms with van der Waals surface area (Å²) in [7, 11) is 0. The molecule has 0 aliphatic carbocycles. The number of benzene rings is 1. The minimum atomic E-state index is 0.732. The van der Waals surface area contributed by atoms with Crippen molar-refractivity contribution in [3.8, 4) is 0 Å². The number of halogens is 1. The summed E-state index contributed by atoms with van der Waals surface area (Å²) in [5, 5.41) is 4.60. The van der Waals surface area contributed by atoms with E-state index in [4.69, 9.17) is 11.6 Å². The Bertz CT molecular complexity index is 448. The molecule has 3 rings (SSSR count). The van der Waals surface area contributed by atoms with Crippen LogP contribution in [0.15, 0.2) is 24.3 Å². The molecule has 1 N–H and O–H groups in total. The van der Waals surface area contributed by atoms with Gasteiger partial charge in [-0.25, -0.2) is 0 Å². The van der Waals surface area contributed by atoms with E-state index in [0.29, 0.717) is 0 Å². The number of rotatable bonds is 5. The van der Waals surface area contributed by atoms with Crippen molar-refractivity contribution < 1.29 is 0 Å². The first-order valence-corrected chi connectivity index (χ1v) is 8.87. The molecule has 0 saturated carbocycles. The molecule has 0 aromatic heterocycles. The molecule has 116 valence electrons. The van der Waals surface area contributed by atoms with Gasteiger partial charge < -0.3 is 5.32 Å². The van der Waals surface area contributed by atoms with Crippen LogP contribution < -0.4 is 5.32 Å². The van der Waals surface area contributed by atoms with Crippen LogP contribution in [0.3, 0.4) is 0 Å². The molecular formula is C18H27ClN2. The Balaban J connectivity index is 1.66. The van der Waals surface area contributed by atoms with Crippen LogP contribution >= 0.6 is 11.6 Å². The van der Waals surface area contributed by atoms with Gasteiger partial charge >= 0.3 is 0 Å². The third-order valence-corrected chi connectivity index (χ3v) is 5.30. The highest BCUT2D eigenvalue weighted by atomic mass is 35.5. The molecule has 21 heavy (non-hydrogen) atoms. The van der Waals surface area contributed by atoms with Crippen LogP contribution in [-0.4, -0.2) is 29.6 Å². The molecule has 1 aromatic carbocycles. The van der Waals surface area contributed by atoms with Crippen LogP contribution in [0.4, 0.5) is 0 Å². The van der Waals surface area contributed by atoms with Crippen LogP contribution in [-0.2, 0) is 6.54 Å². The maximum atomic E-state index is 6.14. The number of nitrogens with zero attached hydrogens (tertiary/aromatic N) is 1. The molecule has 2 heterocycles. The van der Waals surface area contributed by atoms with Gasteiger partial charge in [0.25, 0.3) is 0 Å². The second kappa shape index (κ2) is 7.13. The van der Waals surface area contributed by atoms with Crippen molar-refractivity contribution in [2.24, 2.45) is 0 Å². The van der Waals surface area contributed by atoms with Gasteiger partial charge in [0, 0.05) is 29.7 Å². The molecular weight excluding hydrogens is 280 g/mol. The Morgan fingerprint density at radius 1 is 1.24 bits per heavy atom. The lowest BCUT2D eigenvalue weighted by atomic mass is 9.81. The fraction of sp³-hybridized carbons (Fsp3) is 0.667. The maximum absolute atomic E-state index is 6.14. The summed E-state index contributed by atoms with van der Waals surface area (Å²) >= 11 is 6.14. The SMILES string of the molecule is CCCNC1CC2CCCC(C1)N2Cc1cccc(Cl)c1. The third kappa shape index (κ3) is 3.80. The number of piperidine rings is 2. The van der Waals surface area contributed by atoms with Crippen molar-refractivity contribution in [1.82, 2.24) is 10.2 Å². The molecule has 2 unspecified atom stereocenters. The first-order chi connectivity index (χ1) is 10.3. The lowest BCUT2D eigenvalue weighted by Gasteiger charge is -2.49. The van der Waals surface area contributed by atoms with Crippen molar-refractivity contribution in [3.05, 3.63) is 34.9 Å². The van der Waals surface area contributed by atoms with Crippen LogP contribution in [0.25, 0.3) is 0 Å². The second-order valence-electron chi connectivity index (χ2n) is 6.66. The zero-order chi connectivity index (χ0) is 14.7. The summed E-state index contributed by atoms with van der Waals surface area (Å²) in [5.41, 5.74) is 1.36. The molecule has 1 aromatic rings. The summed E-state index contributed by atoms with van der Waals surface area (Å²) in [6, 6.07) is 10.6. The molecule has 2 saturated heterocycles. The summed E-state index contributed by atoms with van der Waals surface area (Å²) < 4.78 is 0. The Labute approximate surface area is 133 Å². The van der Waals surface area contributed by atoms with E-state index in [1.54, 1.807) is 0 Å². The van der Waals surface area contributed by atoms with Crippen molar-refractivity contribution in [1.29, 1.82) is 0 Å². The van der Waals surface area contributed by atoms with Gasteiger partial charge in [-0.05, 0) is 56.3 Å². The smallest absolute Gasteiger partial charge is 0.0409 e. The molecule has 2 aliphatic rings. The van der Waals surface area contributed by atoms with Crippen LogP contribution in [0.2, 0.25) is 5.02 Å². The molecule has 3 heteroatoms. The Kier molecular flexibility index (Phi) is 5.20. The number of hydrogen-bond acceptors (Lipinski definition) is 2. The summed E-state index contributed by atoms with van der Waals surface area (Å²) in [6.45, 7) is 4.48. The molecule has 0 radical (unpaired) electrons. The topological polar surface area (TPSA) is 15.3 Å². The summed E-state index contributed by atoms with van der Waals surface area (Å²) in [5.74, 6) is 0. The average molecular weight is 307 g/mol. The monoisotopic (exact) mass is 306 g/mol.